The third-order valence-corrected chi connectivity index (χ3v) is 6.25. The molecule has 0 bridgehead atoms. The average Bonchev–Trinajstić information content (AvgIpc) is 3.01. The molecule has 0 atom stereocenters. The fraction of sp³-hybridized carbons (Fsp3) is 0.188. The van der Waals surface area contributed by atoms with E-state index in [1.807, 2.05) is 47.8 Å². The number of rotatable bonds is 3. The molecule has 2 nitrogen and oxygen atoms in total. The van der Waals surface area contributed by atoms with Crippen LogP contribution in [-0.2, 0) is 0 Å². The van der Waals surface area contributed by atoms with Crippen LogP contribution in [0.3, 0.4) is 0 Å². The molecule has 3 rings (SSSR count). The Balaban J connectivity index is 1.70. The number of nitrogens with one attached hydrogen (secondary N) is 1. The average molecular weight is 319 g/mol. The number of carbonyl (C=O) groups excluding carboxylic acids is 1. The first-order valence-electron chi connectivity index (χ1n) is 6.62. The van der Waals surface area contributed by atoms with E-state index in [1.54, 1.807) is 12.1 Å². The molecule has 1 aliphatic rings. The van der Waals surface area contributed by atoms with Crippen LogP contribution in [0.1, 0.15) is 20.5 Å². The molecule has 1 fully saturated rings. The van der Waals surface area contributed by atoms with Crippen molar-refractivity contribution in [2.45, 2.75) is 4.58 Å². The molecule has 1 N–H and O–H groups in total. The molecule has 1 heterocycles. The molecule has 2 aromatic rings. The Morgan fingerprint density at radius 3 is 2.48 bits per heavy atom. The summed E-state index contributed by atoms with van der Waals surface area (Å²) in [6, 6.07) is 13.5. The highest BCUT2D eigenvalue weighted by molar-refractivity contribution is 8.19. The molecule has 0 saturated carbocycles. The number of thioether (sulfide) groups is 2. The van der Waals surface area contributed by atoms with Crippen LogP contribution < -0.4 is 5.32 Å². The van der Waals surface area contributed by atoms with Gasteiger partial charge in [-0.25, -0.2) is 4.39 Å². The predicted octanol–water partition coefficient (Wildman–Crippen LogP) is 4.56. The van der Waals surface area contributed by atoms with Crippen LogP contribution in [0.2, 0.25) is 0 Å². The molecule has 108 valence electrons. The summed E-state index contributed by atoms with van der Waals surface area (Å²) < 4.78 is 13.6. The van der Waals surface area contributed by atoms with E-state index in [-0.39, 0.29) is 11.7 Å². The van der Waals surface area contributed by atoms with Gasteiger partial charge in [-0.1, -0.05) is 18.2 Å². The van der Waals surface area contributed by atoms with Gasteiger partial charge in [0, 0.05) is 22.8 Å². The Bertz CT molecular complexity index is 639. The zero-order valence-corrected chi connectivity index (χ0v) is 12.8. The van der Waals surface area contributed by atoms with Crippen molar-refractivity contribution in [2.24, 2.45) is 0 Å². The number of hydrogen-bond donors (Lipinski definition) is 1. The largest absolute Gasteiger partial charge is 0.322 e. The zero-order chi connectivity index (χ0) is 14.7. The number of benzene rings is 2. The van der Waals surface area contributed by atoms with Crippen LogP contribution >= 0.6 is 23.5 Å². The number of hydrogen-bond acceptors (Lipinski definition) is 3. The second-order valence-electron chi connectivity index (χ2n) is 4.66. The molecule has 0 radical (unpaired) electrons. The lowest BCUT2D eigenvalue weighted by Crippen LogP contribution is -2.11. The number of carbonyl (C=O) groups is 1. The van der Waals surface area contributed by atoms with Gasteiger partial charge in [0.05, 0.1) is 4.58 Å². The molecule has 0 aromatic heterocycles. The van der Waals surface area contributed by atoms with Gasteiger partial charge < -0.3 is 5.32 Å². The Kier molecular flexibility index (Phi) is 4.51. The first-order chi connectivity index (χ1) is 10.2. The van der Waals surface area contributed by atoms with Crippen LogP contribution in [0.25, 0.3) is 0 Å². The summed E-state index contributed by atoms with van der Waals surface area (Å²) in [7, 11) is 0. The zero-order valence-electron chi connectivity index (χ0n) is 11.2. The van der Waals surface area contributed by atoms with E-state index in [2.05, 4.69) is 5.32 Å². The van der Waals surface area contributed by atoms with Gasteiger partial charge in [-0.05, 0) is 35.9 Å². The highest BCUT2D eigenvalue weighted by Gasteiger charge is 2.18. The van der Waals surface area contributed by atoms with E-state index in [0.29, 0.717) is 15.8 Å². The fourth-order valence-electron chi connectivity index (χ4n) is 2.11. The molecule has 1 aliphatic heterocycles. The third-order valence-electron chi connectivity index (χ3n) is 3.15. The summed E-state index contributed by atoms with van der Waals surface area (Å²) in [5.41, 5.74) is 2.28. The lowest BCUT2D eigenvalue weighted by molar-refractivity contribution is 0.102. The Hall–Kier alpha value is -1.46. The van der Waals surface area contributed by atoms with Crippen molar-refractivity contribution in [3.05, 3.63) is 65.5 Å². The molecule has 1 saturated heterocycles. The molecule has 2 aromatic carbocycles. The van der Waals surface area contributed by atoms with Gasteiger partial charge in [0.2, 0.25) is 0 Å². The van der Waals surface area contributed by atoms with Crippen LogP contribution in [0, 0.1) is 5.82 Å². The molecule has 1 amide bonds. The lowest BCUT2D eigenvalue weighted by atomic mass is 10.1. The fourth-order valence-corrected chi connectivity index (χ4v) is 4.97. The van der Waals surface area contributed by atoms with Crippen molar-refractivity contribution in [1.29, 1.82) is 0 Å². The summed E-state index contributed by atoms with van der Waals surface area (Å²) in [6.45, 7) is 0. The van der Waals surface area contributed by atoms with Gasteiger partial charge >= 0.3 is 0 Å². The third kappa shape index (κ3) is 3.60. The van der Waals surface area contributed by atoms with E-state index in [1.165, 1.54) is 29.2 Å². The number of halogens is 1. The molecular weight excluding hydrogens is 305 g/mol. The Morgan fingerprint density at radius 2 is 1.81 bits per heavy atom. The van der Waals surface area contributed by atoms with Crippen molar-refractivity contribution in [3.8, 4) is 0 Å². The topological polar surface area (TPSA) is 29.1 Å². The van der Waals surface area contributed by atoms with Gasteiger partial charge in [0.25, 0.3) is 5.91 Å². The van der Waals surface area contributed by atoms with E-state index in [4.69, 9.17) is 0 Å². The second-order valence-corrected chi connectivity index (χ2v) is 7.38. The maximum absolute atomic E-state index is 13.1. The van der Waals surface area contributed by atoms with Crippen LogP contribution in [0.4, 0.5) is 10.1 Å². The van der Waals surface area contributed by atoms with E-state index >= 15 is 0 Å². The summed E-state index contributed by atoms with van der Waals surface area (Å²) in [5, 5.41) is 2.70. The summed E-state index contributed by atoms with van der Waals surface area (Å²) in [4.78, 5) is 12.1. The molecule has 0 aliphatic carbocycles. The molecule has 0 unspecified atom stereocenters. The summed E-state index contributed by atoms with van der Waals surface area (Å²) in [5.74, 6) is 1.77. The van der Waals surface area contributed by atoms with Crippen molar-refractivity contribution in [2.75, 3.05) is 16.8 Å². The Morgan fingerprint density at radius 1 is 1.10 bits per heavy atom. The summed E-state index contributed by atoms with van der Waals surface area (Å²) >= 11 is 3.87. The van der Waals surface area contributed by atoms with Crippen molar-refractivity contribution >= 4 is 35.1 Å². The molecular formula is C16H14FNOS2. The molecule has 0 spiro atoms. The predicted molar refractivity (Wildman–Crippen MR) is 88.5 cm³/mol. The van der Waals surface area contributed by atoms with Crippen molar-refractivity contribution < 1.29 is 9.18 Å². The van der Waals surface area contributed by atoms with Gasteiger partial charge in [-0.2, -0.15) is 0 Å². The number of amides is 1. The standard InChI is InChI=1S/C16H14FNOS2/c17-13-2-1-3-14(10-13)18-15(19)11-4-6-12(7-5-11)16-20-8-9-21-16/h1-7,10,16H,8-9H2,(H,18,19). The Labute approximate surface area is 131 Å². The van der Waals surface area contributed by atoms with Crippen molar-refractivity contribution in [3.63, 3.8) is 0 Å². The first kappa shape index (κ1) is 14.5. The minimum atomic E-state index is -0.363. The normalized spacial score (nSPS) is 15.1. The molecule has 21 heavy (non-hydrogen) atoms. The van der Waals surface area contributed by atoms with Gasteiger partial charge in [0.1, 0.15) is 5.82 Å². The van der Waals surface area contributed by atoms with E-state index in [9.17, 15) is 9.18 Å². The van der Waals surface area contributed by atoms with E-state index in [0.717, 1.165) is 0 Å². The summed E-state index contributed by atoms with van der Waals surface area (Å²) in [6.07, 6.45) is 0. The quantitative estimate of drug-likeness (QED) is 0.899. The first-order valence-corrected chi connectivity index (χ1v) is 8.72. The minimum absolute atomic E-state index is 0.223. The smallest absolute Gasteiger partial charge is 0.255 e. The lowest BCUT2D eigenvalue weighted by Gasteiger charge is -2.09. The maximum Gasteiger partial charge on any atom is 0.255 e. The SMILES string of the molecule is O=C(Nc1cccc(F)c1)c1ccc(C2SCCS2)cc1. The van der Waals surface area contributed by atoms with Gasteiger partial charge in [-0.3, -0.25) is 4.79 Å². The van der Waals surface area contributed by atoms with Crippen molar-refractivity contribution in [1.82, 2.24) is 0 Å². The number of anilines is 1. The van der Waals surface area contributed by atoms with Crippen LogP contribution in [-0.4, -0.2) is 17.4 Å². The van der Waals surface area contributed by atoms with Crippen LogP contribution in [0.5, 0.6) is 0 Å². The maximum atomic E-state index is 13.1. The van der Waals surface area contributed by atoms with E-state index < -0.39 is 0 Å². The highest BCUT2D eigenvalue weighted by atomic mass is 32.2. The highest BCUT2D eigenvalue weighted by Crippen LogP contribution is 2.45. The van der Waals surface area contributed by atoms with Gasteiger partial charge in [0.15, 0.2) is 0 Å². The van der Waals surface area contributed by atoms with Gasteiger partial charge in [-0.15, -0.1) is 23.5 Å². The minimum Gasteiger partial charge on any atom is -0.322 e. The second kappa shape index (κ2) is 6.54. The van der Waals surface area contributed by atoms with Crippen LogP contribution in [0.15, 0.2) is 48.5 Å². The monoisotopic (exact) mass is 319 g/mol. The molecule has 5 heteroatoms.